The molecule has 0 aliphatic carbocycles. The van der Waals surface area contributed by atoms with E-state index in [4.69, 9.17) is 4.74 Å². The standard InChI is InChI=1S/C20H29F3N2O8S/c1-7-14-10-15(16(27)32-17(28)20(21,22)23)24(11-14)8-9-34(30,31)13(3)25(12(2)26)18(29)33-19(4,5)6/h7,13-15H,1,8-11H2,2-6H3. The third-order valence-corrected chi connectivity index (χ3v) is 6.94. The molecule has 1 aliphatic heterocycles. The van der Waals surface area contributed by atoms with Gasteiger partial charge in [0.2, 0.25) is 5.91 Å². The molecule has 1 fully saturated rings. The second kappa shape index (κ2) is 10.8. The lowest BCUT2D eigenvalue weighted by Crippen LogP contribution is -2.50. The Bertz CT molecular complexity index is 927. The Morgan fingerprint density at radius 2 is 1.76 bits per heavy atom. The second-order valence-electron chi connectivity index (χ2n) is 8.78. The molecule has 2 amide bonds. The number of hydrogen-bond acceptors (Lipinski definition) is 9. The third-order valence-electron chi connectivity index (χ3n) is 4.94. The fourth-order valence-electron chi connectivity index (χ4n) is 3.24. The Kier molecular flexibility index (Phi) is 9.43. The fraction of sp³-hybridized carbons (Fsp3) is 0.700. The number of likely N-dealkylation sites (tertiary alicyclic amines) is 1. The van der Waals surface area contributed by atoms with Crippen LogP contribution in [0.15, 0.2) is 12.7 Å². The summed E-state index contributed by atoms with van der Waals surface area (Å²) in [5, 5.41) is -1.62. The molecule has 1 rings (SSSR count). The summed E-state index contributed by atoms with van der Waals surface area (Å²) < 4.78 is 72.0. The molecule has 1 heterocycles. The van der Waals surface area contributed by atoms with Crippen molar-refractivity contribution in [3.63, 3.8) is 0 Å². The van der Waals surface area contributed by atoms with Crippen molar-refractivity contribution in [2.75, 3.05) is 18.8 Å². The molecular weight excluding hydrogens is 485 g/mol. The van der Waals surface area contributed by atoms with Gasteiger partial charge in [0.25, 0.3) is 0 Å². The van der Waals surface area contributed by atoms with Crippen molar-refractivity contribution in [3.8, 4) is 0 Å². The number of ether oxygens (including phenoxy) is 2. The summed E-state index contributed by atoms with van der Waals surface area (Å²) in [6.07, 6.45) is -5.10. The van der Waals surface area contributed by atoms with E-state index in [2.05, 4.69) is 11.3 Å². The summed E-state index contributed by atoms with van der Waals surface area (Å²) >= 11 is 0. The predicted octanol–water partition coefficient (Wildman–Crippen LogP) is 2.04. The maximum absolute atomic E-state index is 12.9. The van der Waals surface area contributed by atoms with Crippen molar-refractivity contribution >= 4 is 33.8 Å². The zero-order chi connectivity index (χ0) is 26.6. The Balaban J connectivity index is 3.00. The summed E-state index contributed by atoms with van der Waals surface area (Å²) in [5.41, 5.74) is -0.995. The molecule has 0 aromatic carbocycles. The van der Waals surface area contributed by atoms with E-state index in [1.807, 2.05) is 0 Å². The third kappa shape index (κ3) is 8.08. The van der Waals surface area contributed by atoms with Crippen molar-refractivity contribution in [1.29, 1.82) is 0 Å². The molecule has 0 saturated carbocycles. The van der Waals surface area contributed by atoms with Crippen LogP contribution in [0.5, 0.6) is 0 Å². The van der Waals surface area contributed by atoms with Gasteiger partial charge in [0.1, 0.15) is 17.0 Å². The molecule has 34 heavy (non-hydrogen) atoms. The van der Waals surface area contributed by atoms with Crippen molar-refractivity contribution in [1.82, 2.24) is 9.80 Å². The highest BCUT2D eigenvalue weighted by molar-refractivity contribution is 7.92. The van der Waals surface area contributed by atoms with Crippen LogP contribution in [0.2, 0.25) is 0 Å². The molecule has 0 radical (unpaired) electrons. The molecule has 0 aromatic heterocycles. The number of carbonyl (C=O) groups is 4. The van der Waals surface area contributed by atoms with E-state index in [1.165, 1.54) is 31.7 Å². The van der Waals surface area contributed by atoms with Crippen molar-refractivity contribution in [2.45, 2.75) is 64.2 Å². The van der Waals surface area contributed by atoms with Gasteiger partial charge in [-0.3, -0.25) is 9.69 Å². The number of imide groups is 1. The molecule has 14 heteroatoms. The first kappa shape index (κ1) is 29.6. The van der Waals surface area contributed by atoms with Crippen LogP contribution >= 0.6 is 0 Å². The summed E-state index contributed by atoms with van der Waals surface area (Å²) in [7, 11) is -4.17. The van der Waals surface area contributed by atoms with Gasteiger partial charge in [-0.1, -0.05) is 6.08 Å². The largest absolute Gasteiger partial charge is 0.491 e. The molecule has 10 nitrogen and oxygen atoms in total. The lowest BCUT2D eigenvalue weighted by Gasteiger charge is -2.30. The van der Waals surface area contributed by atoms with E-state index in [-0.39, 0.29) is 25.4 Å². The lowest BCUT2D eigenvalue weighted by molar-refractivity contribution is -0.203. The highest BCUT2D eigenvalue weighted by Gasteiger charge is 2.46. The average Bonchev–Trinajstić information content (AvgIpc) is 3.07. The SMILES string of the molecule is C=CC1CC(C(=O)OC(=O)C(F)(F)F)N(CCS(=O)(=O)C(C)N(C(C)=O)C(=O)OC(C)(C)C)C1. The van der Waals surface area contributed by atoms with Crippen LogP contribution in [0.1, 0.15) is 41.0 Å². The van der Waals surface area contributed by atoms with Crippen LogP contribution in [0.25, 0.3) is 0 Å². The Morgan fingerprint density at radius 3 is 2.21 bits per heavy atom. The number of alkyl halides is 3. The summed E-state index contributed by atoms with van der Waals surface area (Å²) in [6.45, 7) is 10.0. The topological polar surface area (TPSA) is 127 Å². The first-order valence-electron chi connectivity index (χ1n) is 10.2. The molecule has 194 valence electrons. The van der Waals surface area contributed by atoms with Crippen LogP contribution < -0.4 is 0 Å². The quantitative estimate of drug-likeness (QED) is 0.285. The number of halogens is 3. The number of carbonyl (C=O) groups excluding carboxylic acids is 4. The fourth-order valence-corrected chi connectivity index (χ4v) is 4.62. The van der Waals surface area contributed by atoms with Gasteiger partial charge in [-0.15, -0.1) is 6.58 Å². The number of amides is 2. The van der Waals surface area contributed by atoms with Gasteiger partial charge >= 0.3 is 24.2 Å². The van der Waals surface area contributed by atoms with Crippen LogP contribution in [0.3, 0.4) is 0 Å². The Morgan fingerprint density at radius 1 is 1.21 bits per heavy atom. The smallest absolute Gasteiger partial charge is 0.443 e. The number of sulfone groups is 1. The van der Waals surface area contributed by atoms with Crippen molar-refractivity contribution < 1.29 is 50.2 Å². The minimum absolute atomic E-state index is 0.0272. The van der Waals surface area contributed by atoms with E-state index < -0.39 is 62.7 Å². The number of esters is 2. The van der Waals surface area contributed by atoms with Crippen molar-refractivity contribution in [3.05, 3.63) is 12.7 Å². The first-order chi connectivity index (χ1) is 15.3. The maximum atomic E-state index is 12.9. The lowest BCUT2D eigenvalue weighted by atomic mass is 10.1. The molecule has 0 aromatic rings. The van der Waals surface area contributed by atoms with E-state index in [0.717, 1.165) is 13.8 Å². The molecule has 1 aliphatic rings. The molecule has 0 N–H and O–H groups in total. The Hall–Kier alpha value is -2.48. The molecule has 0 spiro atoms. The average molecular weight is 515 g/mol. The van der Waals surface area contributed by atoms with E-state index in [0.29, 0.717) is 4.90 Å². The van der Waals surface area contributed by atoms with Gasteiger partial charge in [-0.25, -0.2) is 27.7 Å². The normalized spacial score (nSPS) is 20.4. The zero-order valence-corrected chi connectivity index (χ0v) is 20.4. The second-order valence-corrected chi connectivity index (χ2v) is 11.2. The van der Waals surface area contributed by atoms with Gasteiger partial charge in [0, 0.05) is 20.0 Å². The molecule has 0 bridgehead atoms. The van der Waals surface area contributed by atoms with Gasteiger partial charge in [-0.05, 0) is 40.0 Å². The maximum Gasteiger partial charge on any atom is 0.491 e. The van der Waals surface area contributed by atoms with Gasteiger partial charge in [-0.2, -0.15) is 13.2 Å². The predicted molar refractivity (Wildman–Crippen MR) is 113 cm³/mol. The number of nitrogens with zero attached hydrogens (tertiary/aromatic N) is 2. The number of rotatable bonds is 7. The molecule has 3 atom stereocenters. The highest BCUT2D eigenvalue weighted by Crippen LogP contribution is 2.27. The minimum atomic E-state index is -5.37. The van der Waals surface area contributed by atoms with E-state index >= 15 is 0 Å². The monoisotopic (exact) mass is 514 g/mol. The van der Waals surface area contributed by atoms with Gasteiger partial charge < -0.3 is 9.47 Å². The molecule has 1 saturated heterocycles. The summed E-state index contributed by atoms with van der Waals surface area (Å²) in [4.78, 5) is 49.2. The van der Waals surface area contributed by atoms with E-state index in [9.17, 15) is 40.8 Å². The summed E-state index contributed by atoms with van der Waals surface area (Å²) in [6, 6.07) is -1.31. The highest BCUT2D eigenvalue weighted by atomic mass is 32.2. The zero-order valence-electron chi connectivity index (χ0n) is 19.5. The Labute approximate surface area is 195 Å². The van der Waals surface area contributed by atoms with Crippen LogP contribution in [-0.2, 0) is 33.7 Å². The van der Waals surface area contributed by atoms with Crippen molar-refractivity contribution in [2.24, 2.45) is 5.92 Å². The molecule has 3 unspecified atom stereocenters. The van der Waals surface area contributed by atoms with Crippen LogP contribution in [0, 0.1) is 5.92 Å². The number of hydrogen-bond donors (Lipinski definition) is 0. The van der Waals surface area contributed by atoms with Gasteiger partial charge in [0.15, 0.2) is 9.84 Å². The summed E-state index contributed by atoms with van der Waals surface area (Å²) in [5.74, 6) is -6.02. The minimum Gasteiger partial charge on any atom is -0.443 e. The van der Waals surface area contributed by atoms with Crippen LogP contribution in [-0.4, -0.2) is 84.2 Å². The van der Waals surface area contributed by atoms with Gasteiger partial charge in [0.05, 0.1) is 5.75 Å². The molecular formula is C20H29F3N2O8S. The first-order valence-corrected chi connectivity index (χ1v) is 12.0. The van der Waals surface area contributed by atoms with E-state index in [1.54, 1.807) is 0 Å². The van der Waals surface area contributed by atoms with Crippen LogP contribution in [0.4, 0.5) is 18.0 Å².